The molecule has 26 heavy (non-hydrogen) atoms. The lowest BCUT2D eigenvalue weighted by Gasteiger charge is -2.09. The number of esters is 2. The van der Waals surface area contributed by atoms with Gasteiger partial charge in [0.05, 0.1) is 15.6 Å². The van der Waals surface area contributed by atoms with E-state index in [4.69, 9.17) is 42.9 Å². The Morgan fingerprint density at radius 3 is 1.38 bits per heavy atom. The van der Waals surface area contributed by atoms with Gasteiger partial charge in [0.15, 0.2) is 0 Å². The molecule has 0 radical (unpaired) electrons. The maximum atomic E-state index is 11.3. The molecule has 0 aromatic heterocycles. The highest BCUT2D eigenvalue weighted by Crippen LogP contribution is 2.09. The van der Waals surface area contributed by atoms with Crippen LogP contribution >= 0.6 is 23.2 Å². The monoisotopic (exact) mass is 404 g/mol. The van der Waals surface area contributed by atoms with E-state index in [-0.39, 0.29) is 17.7 Å². The van der Waals surface area contributed by atoms with Gasteiger partial charge in [-0.25, -0.2) is 19.2 Å². The van der Waals surface area contributed by atoms with Crippen LogP contribution < -0.4 is 0 Å². The summed E-state index contributed by atoms with van der Waals surface area (Å²) in [6.07, 6.45) is 1.12. The number of aliphatic carboxylic acids is 2. The first-order valence-electron chi connectivity index (χ1n) is 6.71. The third-order valence-corrected chi connectivity index (χ3v) is 2.27. The minimum absolute atomic E-state index is 0.100. The summed E-state index contributed by atoms with van der Waals surface area (Å²) in [5, 5.41) is 15.6. The first-order valence-corrected chi connectivity index (χ1v) is 7.47. The number of hydrogen-bond donors (Lipinski definition) is 2. The summed E-state index contributed by atoms with van der Waals surface area (Å²) in [4.78, 5) is 41.6. The molecular weight excluding hydrogens is 391 g/mol. The van der Waals surface area contributed by atoms with Crippen molar-refractivity contribution in [3.05, 3.63) is 58.6 Å². The molecule has 0 spiro atoms. The van der Waals surface area contributed by atoms with E-state index in [0.29, 0.717) is 23.3 Å². The number of carboxylic acid groups (broad SMARTS) is 2. The van der Waals surface area contributed by atoms with Gasteiger partial charge in [-0.15, -0.1) is 0 Å². The molecule has 1 aromatic rings. The first-order chi connectivity index (χ1) is 12.1. The molecule has 0 aliphatic carbocycles. The summed E-state index contributed by atoms with van der Waals surface area (Å²) in [7, 11) is 0. The Bertz CT molecular complexity index is 638. The number of hydrogen-bond acceptors (Lipinski definition) is 6. The zero-order valence-electron chi connectivity index (χ0n) is 13.2. The van der Waals surface area contributed by atoms with Crippen LogP contribution in [0.2, 0.25) is 0 Å². The lowest BCUT2D eigenvalue weighted by atomic mass is 10.1. The summed E-state index contributed by atoms with van der Waals surface area (Å²) < 4.78 is 9.77. The van der Waals surface area contributed by atoms with Crippen molar-refractivity contribution in [1.82, 2.24) is 0 Å². The van der Waals surface area contributed by atoms with Crippen molar-refractivity contribution in [3.8, 4) is 0 Å². The molecule has 2 aliphatic rings. The summed E-state index contributed by atoms with van der Waals surface area (Å²) >= 11 is 9.69. The predicted octanol–water partition coefficient (Wildman–Crippen LogP) is 2.66. The lowest BCUT2D eigenvalue weighted by Crippen LogP contribution is -2.16. The summed E-state index contributed by atoms with van der Waals surface area (Å²) in [5.74, 6) is -3.30. The number of carboxylic acids is 2. The van der Waals surface area contributed by atoms with Gasteiger partial charge in [-0.3, -0.25) is 0 Å². The van der Waals surface area contributed by atoms with Crippen molar-refractivity contribution < 1.29 is 38.9 Å². The van der Waals surface area contributed by atoms with Crippen LogP contribution in [0.4, 0.5) is 0 Å². The third kappa shape index (κ3) is 11.7. The first kappa shape index (κ1) is 23.2. The maximum Gasteiger partial charge on any atom is 0.338 e. The Balaban J connectivity index is 0.000000444. The van der Waals surface area contributed by atoms with E-state index in [2.05, 4.69) is 6.58 Å². The summed E-state index contributed by atoms with van der Waals surface area (Å²) in [5.41, 5.74) is 0.895. The fourth-order valence-corrected chi connectivity index (χ4v) is 1.32. The number of fused-ring (bicyclic) bond motifs is 7. The molecule has 2 bridgehead atoms. The maximum absolute atomic E-state index is 11.3. The van der Waals surface area contributed by atoms with E-state index in [1.807, 2.05) is 0 Å². The number of halogens is 2. The minimum Gasteiger partial charge on any atom is -0.478 e. The highest BCUT2D eigenvalue weighted by molar-refractivity contribution is 6.55. The van der Waals surface area contributed by atoms with Crippen molar-refractivity contribution in [3.63, 3.8) is 0 Å². The van der Waals surface area contributed by atoms with Crippen LogP contribution in [0.3, 0.4) is 0 Å². The van der Waals surface area contributed by atoms with Gasteiger partial charge in [0, 0.05) is 12.2 Å². The van der Waals surface area contributed by atoms with Crippen LogP contribution in [0.25, 0.3) is 0 Å². The number of rotatable bonds is 2. The molecule has 0 saturated carbocycles. The second kappa shape index (κ2) is 12.5. The normalized spacial score (nSPS) is 12.5. The van der Waals surface area contributed by atoms with Gasteiger partial charge in [0.1, 0.15) is 13.2 Å². The Morgan fingerprint density at radius 1 is 0.885 bits per heavy atom. The second-order valence-corrected chi connectivity index (χ2v) is 5.30. The Morgan fingerprint density at radius 2 is 1.15 bits per heavy atom. The summed E-state index contributed by atoms with van der Waals surface area (Å²) in [6.45, 7) is 3.29. The molecular formula is C16H14Cl2O8. The second-order valence-electron chi connectivity index (χ2n) is 4.20. The molecule has 10 heteroatoms. The van der Waals surface area contributed by atoms with Crippen LogP contribution in [-0.4, -0.2) is 47.3 Å². The molecule has 0 atom stereocenters. The van der Waals surface area contributed by atoms with E-state index in [0.717, 1.165) is 0 Å². The third-order valence-electron chi connectivity index (χ3n) is 2.27. The molecule has 0 fully saturated rings. The van der Waals surface area contributed by atoms with Crippen molar-refractivity contribution in [2.75, 3.05) is 13.2 Å². The number of ether oxygens (including phenoxy) is 2. The smallest absolute Gasteiger partial charge is 0.338 e. The molecule has 2 aliphatic heterocycles. The average molecular weight is 405 g/mol. The van der Waals surface area contributed by atoms with E-state index < -0.39 is 23.9 Å². The Hall–Kier alpha value is -2.84. The van der Waals surface area contributed by atoms with Crippen molar-refractivity contribution in [2.45, 2.75) is 0 Å². The average Bonchev–Trinajstić information content (AvgIpc) is 2.56. The van der Waals surface area contributed by atoms with Gasteiger partial charge in [0.25, 0.3) is 0 Å². The van der Waals surface area contributed by atoms with Gasteiger partial charge in [0.2, 0.25) is 0 Å². The van der Waals surface area contributed by atoms with Gasteiger partial charge in [-0.1, -0.05) is 29.8 Å². The SMILES string of the molecule is C=C(Cl)Cl.O=C(O)/C=C\C(=O)O.O=C1OCCOC(=O)c2ccc1cc2. The fourth-order valence-electron chi connectivity index (χ4n) is 1.32. The Kier molecular flexibility index (Phi) is 11.1. The molecule has 0 amide bonds. The van der Waals surface area contributed by atoms with Crippen LogP contribution in [-0.2, 0) is 19.1 Å². The number of benzene rings is 1. The quantitative estimate of drug-likeness (QED) is 0.568. The van der Waals surface area contributed by atoms with Crippen LogP contribution in [0, 0.1) is 0 Å². The zero-order valence-corrected chi connectivity index (χ0v) is 14.7. The van der Waals surface area contributed by atoms with Crippen LogP contribution in [0.15, 0.2) is 47.5 Å². The van der Waals surface area contributed by atoms with Crippen molar-refractivity contribution in [1.29, 1.82) is 0 Å². The van der Waals surface area contributed by atoms with E-state index >= 15 is 0 Å². The highest BCUT2D eigenvalue weighted by atomic mass is 35.5. The number of carbonyl (C=O) groups is 4. The molecule has 2 N–H and O–H groups in total. The molecule has 1 aromatic carbocycles. The standard InChI is InChI=1S/C10H8O4.C4H4O4.C2H2Cl2/c11-9-7-1-2-8(4-3-7)10(12)14-6-5-13-9;5-3(6)1-2-4(7)8;1-2(3)4/h1-4H,5-6H2;1-2H,(H,5,6)(H,7,8);1H2/b;2-1-;. The molecule has 140 valence electrons. The van der Waals surface area contributed by atoms with Gasteiger partial charge < -0.3 is 19.7 Å². The van der Waals surface area contributed by atoms with Crippen molar-refractivity contribution in [2.24, 2.45) is 0 Å². The lowest BCUT2D eigenvalue weighted by molar-refractivity contribution is -0.134. The van der Waals surface area contributed by atoms with E-state index in [1.165, 1.54) is 0 Å². The summed E-state index contributed by atoms with van der Waals surface area (Å²) in [6, 6.07) is 6.18. The minimum atomic E-state index is -1.26. The molecule has 2 heterocycles. The topological polar surface area (TPSA) is 127 Å². The van der Waals surface area contributed by atoms with E-state index in [1.54, 1.807) is 24.3 Å². The molecule has 3 rings (SSSR count). The van der Waals surface area contributed by atoms with Crippen LogP contribution in [0.5, 0.6) is 0 Å². The van der Waals surface area contributed by atoms with Crippen LogP contribution in [0.1, 0.15) is 20.7 Å². The largest absolute Gasteiger partial charge is 0.478 e. The molecule has 0 saturated heterocycles. The predicted molar refractivity (Wildman–Crippen MR) is 92.3 cm³/mol. The van der Waals surface area contributed by atoms with Gasteiger partial charge >= 0.3 is 23.9 Å². The Labute approximate surface area is 158 Å². The molecule has 0 unspecified atom stereocenters. The van der Waals surface area contributed by atoms with Crippen molar-refractivity contribution >= 4 is 47.1 Å². The van der Waals surface area contributed by atoms with E-state index in [9.17, 15) is 19.2 Å². The molecule has 8 nitrogen and oxygen atoms in total. The number of carbonyl (C=O) groups excluding carboxylic acids is 2. The zero-order chi connectivity index (χ0) is 20.1. The van der Waals surface area contributed by atoms with Gasteiger partial charge in [-0.05, 0) is 24.3 Å². The highest BCUT2D eigenvalue weighted by Gasteiger charge is 2.13. The fraction of sp³-hybridized carbons (Fsp3) is 0.125. The van der Waals surface area contributed by atoms with Gasteiger partial charge in [-0.2, -0.15) is 0 Å².